The molecule has 2 aromatic rings. The molecule has 2 N–H and O–H groups in total. The summed E-state index contributed by atoms with van der Waals surface area (Å²) in [6, 6.07) is 8.09. The summed E-state index contributed by atoms with van der Waals surface area (Å²) in [6.07, 6.45) is 0.137. The molecule has 2 heterocycles. The van der Waals surface area contributed by atoms with Crippen LogP contribution in [0.3, 0.4) is 0 Å². The van der Waals surface area contributed by atoms with Gasteiger partial charge in [-0.05, 0) is 42.3 Å². The van der Waals surface area contributed by atoms with Gasteiger partial charge in [-0.15, -0.1) is 0 Å². The van der Waals surface area contributed by atoms with Gasteiger partial charge in [0.25, 0.3) is 17.7 Å². The molecule has 0 aliphatic carbocycles. The van der Waals surface area contributed by atoms with E-state index in [9.17, 15) is 24.0 Å². The molecule has 2 aliphatic rings. The number of halogens is 2. The highest BCUT2D eigenvalue weighted by molar-refractivity contribution is 6.42. The number of fused-ring (bicyclic) bond motifs is 1. The third kappa shape index (κ3) is 3.92. The quantitative estimate of drug-likeness (QED) is 0.681. The van der Waals surface area contributed by atoms with E-state index in [-0.39, 0.29) is 41.4 Å². The molecule has 2 aliphatic heterocycles. The summed E-state index contributed by atoms with van der Waals surface area (Å²) in [6.45, 7) is 0.103. The van der Waals surface area contributed by atoms with E-state index in [0.29, 0.717) is 16.1 Å². The highest BCUT2D eigenvalue weighted by Crippen LogP contribution is 2.28. The van der Waals surface area contributed by atoms with E-state index in [2.05, 4.69) is 10.6 Å². The molecule has 0 spiro atoms. The topological polar surface area (TPSA) is 113 Å². The predicted octanol–water partition coefficient (Wildman–Crippen LogP) is 2.32. The number of nitrogens with zero attached hydrogens (tertiary/aromatic N) is 1. The number of nitrogens with one attached hydrogen (secondary N) is 2. The Labute approximate surface area is 186 Å². The highest BCUT2D eigenvalue weighted by Gasteiger charge is 2.44. The number of piperidine rings is 1. The second kappa shape index (κ2) is 8.13. The fourth-order valence-electron chi connectivity index (χ4n) is 3.55. The maximum atomic E-state index is 12.8. The molecule has 4 rings (SSSR count). The van der Waals surface area contributed by atoms with Gasteiger partial charge >= 0.3 is 0 Å². The summed E-state index contributed by atoms with van der Waals surface area (Å²) in [5.41, 5.74) is 1.24. The third-order valence-corrected chi connectivity index (χ3v) is 5.88. The zero-order valence-electron chi connectivity index (χ0n) is 15.9. The molecule has 0 bridgehead atoms. The van der Waals surface area contributed by atoms with E-state index < -0.39 is 29.7 Å². The summed E-state index contributed by atoms with van der Waals surface area (Å²) in [4.78, 5) is 62.2. The van der Waals surface area contributed by atoms with Gasteiger partial charge in [-0.1, -0.05) is 29.3 Å². The Morgan fingerprint density at radius 1 is 1.00 bits per heavy atom. The first-order valence-corrected chi connectivity index (χ1v) is 10.1. The molecule has 158 valence electrons. The Hall–Kier alpha value is -3.23. The number of carbonyl (C=O) groups excluding carboxylic acids is 5. The molecule has 0 radical (unpaired) electrons. The van der Waals surface area contributed by atoms with Gasteiger partial charge in [-0.3, -0.25) is 34.2 Å². The largest absolute Gasteiger partial charge is 0.348 e. The van der Waals surface area contributed by atoms with Gasteiger partial charge in [0.1, 0.15) is 6.04 Å². The lowest BCUT2D eigenvalue weighted by Crippen LogP contribution is -2.54. The van der Waals surface area contributed by atoms with Crippen LogP contribution in [0.15, 0.2) is 36.4 Å². The normalized spacial score (nSPS) is 18.1. The van der Waals surface area contributed by atoms with Crippen LogP contribution in [0.1, 0.15) is 49.5 Å². The molecule has 1 unspecified atom stereocenters. The van der Waals surface area contributed by atoms with Crippen molar-refractivity contribution in [2.24, 2.45) is 0 Å². The first kappa shape index (κ1) is 21.0. The first-order valence-electron chi connectivity index (χ1n) is 9.34. The van der Waals surface area contributed by atoms with E-state index >= 15 is 0 Å². The Morgan fingerprint density at radius 2 is 1.74 bits per heavy atom. The maximum absolute atomic E-state index is 12.8. The number of imide groups is 2. The van der Waals surface area contributed by atoms with Crippen LogP contribution in [0.25, 0.3) is 0 Å². The Balaban J connectivity index is 1.49. The van der Waals surface area contributed by atoms with Crippen molar-refractivity contribution in [3.05, 3.63) is 68.7 Å². The van der Waals surface area contributed by atoms with Crippen molar-refractivity contribution in [3.8, 4) is 0 Å². The molecule has 0 aromatic heterocycles. The van der Waals surface area contributed by atoms with Gasteiger partial charge < -0.3 is 5.32 Å². The number of hydrogen-bond donors (Lipinski definition) is 2. The van der Waals surface area contributed by atoms with Crippen molar-refractivity contribution in [1.82, 2.24) is 15.5 Å². The maximum Gasteiger partial charge on any atom is 0.262 e. The van der Waals surface area contributed by atoms with Crippen molar-refractivity contribution in [2.45, 2.75) is 25.4 Å². The Morgan fingerprint density at radius 3 is 2.45 bits per heavy atom. The van der Waals surface area contributed by atoms with Gasteiger partial charge in [0.05, 0.1) is 21.2 Å². The second-order valence-corrected chi connectivity index (χ2v) is 7.95. The average molecular weight is 460 g/mol. The minimum atomic E-state index is -1.03. The standard InChI is InChI=1S/C21H15Cl2N3O5/c22-14-4-2-11(8-15(14)23)18(28)24-9-10-1-3-12-13(7-10)21(31)26(20(12)30)16-5-6-17(27)25-19(16)29/h1-4,7-8,16H,5-6,9H2,(H,24,28)(H,25,27,29). The summed E-state index contributed by atoms with van der Waals surface area (Å²) >= 11 is 11.8. The summed E-state index contributed by atoms with van der Waals surface area (Å²) < 4.78 is 0. The molecule has 0 saturated carbocycles. The Kier molecular flexibility index (Phi) is 5.51. The summed E-state index contributed by atoms with van der Waals surface area (Å²) in [5.74, 6) is -2.67. The minimum Gasteiger partial charge on any atom is -0.348 e. The molecular weight excluding hydrogens is 445 g/mol. The minimum absolute atomic E-state index is 0.0514. The molecule has 31 heavy (non-hydrogen) atoms. The molecule has 1 fully saturated rings. The SMILES string of the molecule is O=C1CCC(N2C(=O)c3ccc(CNC(=O)c4ccc(Cl)c(Cl)c4)cc3C2=O)C(=O)N1. The molecule has 8 nitrogen and oxygen atoms in total. The number of hydrogen-bond acceptors (Lipinski definition) is 5. The molecule has 1 atom stereocenters. The number of rotatable bonds is 4. The van der Waals surface area contributed by atoms with Crippen LogP contribution in [-0.2, 0) is 16.1 Å². The molecule has 5 amide bonds. The predicted molar refractivity (Wildman–Crippen MR) is 111 cm³/mol. The van der Waals surface area contributed by atoms with Crippen LogP contribution in [0.4, 0.5) is 0 Å². The lowest BCUT2D eigenvalue weighted by atomic mass is 10.0. The van der Waals surface area contributed by atoms with Crippen LogP contribution in [-0.4, -0.2) is 40.5 Å². The van der Waals surface area contributed by atoms with E-state index in [0.717, 1.165) is 4.90 Å². The molecular formula is C21H15Cl2N3O5. The lowest BCUT2D eigenvalue weighted by Gasteiger charge is -2.27. The van der Waals surface area contributed by atoms with Crippen molar-refractivity contribution in [3.63, 3.8) is 0 Å². The van der Waals surface area contributed by atoms with Crippen molar-refractivity contribution < 1.29 is 24.0 Å². The second-order valence-electron chi connectivity index (χ2n) is 7.14. The van der Waals surface area contributed by atoms with Crippen LogP contribution >= 0.6 is 23.2 Å². The van der Waals surface area contributed by atoms with Gasteiger partial charge in [-0.25, -0.2) is 0 Å². The van der Waals surface area contributed by atoms with E-state index in [1.165, 1.54) is 30.3 Å². The van der Waals surface area contributed by atoms with E-state index in [1.807, 2.05) is 0 Å². The Bertz CT molecular complexity index is 1160. The third-order valence-electron chi connectivity index (χ3n) is 5.14. The van der Waals surface area contributed by atoms with Crippen LogP contribution < -0.4 is 10.6 Å². The molecule has 1 saturated heterocycles. The van der Waals surface area contributed by atoms with Crippen LogP contribution in [0, 0.1) is 0 Å². The van der Waals surface area contributed by atoms with Gasteiger partial charge in [-0.2, -0.15) is 0 Å². The van der Waals surface area contributed by atoms with Crippen molar-refractivity contribution >= 4 is 52.7 Å². The van der Waals surface area contributed by atoms with Gasteiger partial charge in [0.15, 0.2) is 0 Å². The van der Waals surface area contributed by atoms with E-state index in [4.69, 9.17) is 23.2 Å². The van der Waals surface area contributed by atoms with Crippen LogP contribution in [0.2, 0.25) is 10.0 Å². The van der Waals surface area contributed by atoms with Gasteiger partial charge in [0, 0.05) is 18.5 Å². The number of amides is 5. The fourth-order valence-corrected chi connectivity index (χ4v) is 3.85. The van der Waals surface area contributed by atoms with Crippen LogP contribution in [0.5, 0.6) is 0 Å². The fraction of sp³-hybridized carbons (Fsp3) is 0.190. The zero-order valence-corrected chi connectivity index (χ0v) is 17.4. The van der Waals surface area contributed by atoms with Gasteiger partial charge in [0.2, 0.25) is 11.8 Å². The average Bonchev–Trinajstić information content (AvgIpc) is 2.98. The molecule has 2 aromatic carbocycles. The zero-order chi connectivity index (χ0) is 22.3. The number of carbonyl (C=O) groups is 5. The molecule has 10 heteroatoms. The van der Waals surface area contributed by atoms with Crippen molar-refractivity contribution in [1.29, 1.82) is 0 Å². The van der Waals surface area contributed by atoms with Crippen molar-refractivity contribution in [2.75, 3.05) is 0 Å². The first-order chi connectivity index (χ1) is 14.8. The lowest BCUT2D eigenvalue weighted by molar-refractivity contribution is -0.136. The number of benzene rings is 2. The monoisotopic (exact) mass is 459 g/mol. The highest BCUT2D eigenvalue weighted by atomic mass is 35.5. The smallest absolute Gasteiger partial charge is 0.262 e. The van der Waals surface area contributed by atoms with E-state index in [1.54, 1.807) is 6.07 Å². The summed E-state index contributed by atoms with van der Waals surface area (Å²) in [5, 5.41) is 5.45. The summed E-state index contributed by atoms with van der Waals surface area (Å²) in [7, 11) is 0.